The molecule has 2 heterocycles. The Labute approximate surface area is 188 Å². The molecular weight excluding hydrogens is 410 g/mol. The van der Waals surface area contributed by atoms with E-state index in [9.17, 15) is 4.79 Å². The highest BCUT2D eigenvalue weighted by molar-refractivity contribution is 7.09. The molecule has 0 radical (unpaired) electrons. The fourth-order valence-corrected chi connectivity index (χ4v) is 4.17. The summed E-state index contributed by atoms with van der Waals surface area (Å²) in [5.41, 5.74) is 1.74. The molecule has 1 aromatic carbocycles. The number of carbonyl (C=O) groups excluding carboxylic acids is 1. The van der Waals surface area contributed by atoms with E-state index < -0.39 is 0 Å². The molecule has 1 fully saturated rings. The van der Waals surface area contributed by atoms with Gasteiger partial charge < -0.3 is 20.4 Å². The number of hydrogen-bond donors (Lipinski definition) is 2. The van der Waals surface area contributed by atoms with Gasteiger partial charge in [-0.1, -0.05) is 26.0 Å². The first-order valence-electron chi connectivity index (χ1n) is 11.0. The molecule has 2 N–H and O–H groups in total. The lowest BCUT2D eigenvalue weighted by atomic mass is 10.1. The summed E-state index contributed by atoms with van der Waals surface area (Å²) in [5.74, 6) is 1.76. The first-order chi connectivity index (χ1) is 15.0. The van der Waals surface area contributed by atoms with Crippen LogP contribution in [0.2, 0.25) is 0 Å². The van der Waals surface area contributed by atoms with Crippen LogP contribution in [0.1, 0.15) is 48.9 Å². The van der Waals surface area contributed by atoms with Gasteiger partial charge in [0.25, 0.3) is 5.91 Å². The lowest BCUT2D eigenvalue weighted by molar-refractivity contribution is 0.0939. The highest BCUT2D eigenvalue weighted by atomic mass is 32.1. The molecular formula is C22H33N7OS. The highest BCUT2D eigenvalue weighted by Crippen LogP contribution is 2.19. The van der Waals surface area contributed by atoms with Crippen LogP contribution in [0, 0.1) is 0 Å². The van der Waals surface area contributed by atoms with Gasteiger partial charge >= 0.3 is 0 Å². The molecule has 0 saturated carbocycles. The molecule has 2 aromatic rings. The molecule has 0 bridgehead atoms. The van der Waals surface area contributed by atoms with Crippen molar-refractivity contribution in [3.05, 3.63) is 41.2 Å². The van der Waals surface area contributed by atoms with Crippen LogP contribution in [0.25, 0.3) is 0 Å². The Hall–Kier alpha value is -2.68. The minimum absolute atomic E-state index is 0.0281. The van der Waals surface area contributed by atoms with Gasteiger partial charge in [-0.3, -0.25) is 9.79 Å². The molecule has 1 aliphatic heterocycles. The van der Waals surface area contributed by atoms with Crippen LogP contribution in [0.4, 0.5) is 5.13 Å². The quantitative estimate of drug-likeness (QED) is 0.505. The molecule has 0 aliphatic carbocycles. The average molecular weight is 444 g/mol. The van der Waals surface area contributed by atoms with Gasteiger partial charge in [-0.25, -0.2) is 4.98 Å². The fraction of sp³-hybridized carbons (Fsp3) is 0.545. The van der Waals surface area contributed by atoms with E-state index in [1.807, 2.05) is 38.2 Å². The normalized spacial score (nSPS) is 15.7. The highest BCUT2D eigenvalue weighted by Gasteiger charge is 2.22. The summed E-state index contributed by atoms with van der Waals surface area (Å²) >= 11 is 1.48. The molecule has 168 valence electrons. The molecule has 1 unspecified atom stereocenters. The number of nitrogens with zero attached hydrogens (tertiary/aromatic N) is 5. The molecule has 1 aliphatic rings. The lowest BCUT2D eigenvalue weighted by Gasteiger charge is -2.36. The Kier molecular flexibility index (Phi) is 8.22. The Morgan fingerprint density at radius 1 is 1.26 bits per heavy atom. The number of amides is 1. The number of aliphatic imine (C=N–C) groups is 1. The minimum Gasteiger partial charge on any atom is -0.352 e. The van der Waals surface area contributed by atoms with Crippen LogP contribution in [-0.2, 0) is 13.0 Å². The van der Waals surface area contributed by atoms with Gasteiger partial charge in [0.2, 0.25) is 5.13 Å². The summed E-state index contributed by atoms with van der Waals surface area (Å²) in [6, 6.07) is 7.92. The number of anilines is 1. The van der Waals surface area contributed by atoms with Crippen LogP contribution in [0.3, 0.4) is 0 Å². The van der Waals surface area contributed by atoms with Gasteiger partial charge in [0.05, 0.1) is 0 Å². The van der Waals surface area contributed by atoms with E-state index in [-0.39, 0.29) is 11.9 Å². The van der Waals surface area contributed by atoms with Crippen molar-refractivity contribution in [2.45, 2.75) is 46.2 Å². The van der Waals surface area contributed by atoms with Gasteiger partial charge in [0, 0.05) is 69.3 Å². The van der Waals surface area contributed by atoms with E-state index in [2.05, 4.69) is 48.6 Å². The van der Waals surface area contributed by atoms with Crippen molar-refractivity contribution in [2.75, 3.05) is 38.1 Å². The van der Waals surface area contributed by atoms with Gasteiger partial charge in [0.15, 0.2) is 5.96 Å². The number of hydrogen-bond acceptors (Lipinski definition) is 6. The predicted octanol–water partition coefficient (Wildman–Crippen LogP) is 2.53. The summed E-state index contributed by atoms with van der Waals surface area (Å²) in [6.45, 7) is 10.3. The smallest absolute Gasteiger partial charge is 0.251 e. The second kappa shape index (κ2) is 11.1. The first-order valence-corrected chi connectivity index (χ1v) is 11.7. The van der Waals surface area contributed by atoms with Gasteiger partial charge in [-0.05, 0) is 31.0 Å². The third kappa shape index (κ3) is 6.16. The molecule has 1 amide bonds. The molecule has 0 spiro atoms. The average Bonchev–Trinajstić information content (AvgIpc) is 3.29. The molecule has 1 atom stereocenters. The van der Waals surface area contributed by atoms with Gasteiger partial charge in [-0.2, -0.15) is 4.37 Å². The maximum absolute atomic E-state index is 12.4. The molecule has 1 aromatic heterocycles. The van der Waals surface area contributed by atoms with Gasteiger partial charge in [0.1, 0.15) is 5.82 Å². The van der Waals surface area contributed by atoms with Crippen LogP contribution in [0.15, 0.2) is 29.3 Å². The summed E-state index contributed by atoms with van der Waals surface area (Å²) in [5, 5.41) is 7.47. The van der Waals surface area contributed by atoms with E-state index in [1.54, 1.807) is 0 Å². The second-order valence-electron chi connectivity index (χ2n) is 7.70. The number of rotatable bonds is 7. The van der Waals surface area contributed by atoms with Crippen molar-refractivity contribution in [1.29, 1.82) is 0 Å². The van der Waals surface area contributed by atoms with E-state index in [4.69, 9.17) is 0 Å². The second-order valence-corrected chi connectivity index (χ2v) is 8.44. The summed E-state index contributed by atoms with van der Waals surface area (Å²) in [7, 11) is 1.81. The molecule has 9 heteroatoms. The number of piperazine rings is 1. The fourth-order valence-electron chi connectivity index (χ4n) is 3.37. The Morgan fingerprint density at radius 2 is 2.03 bits per heavy atom. The first kappa shape index (κ1) is 23.0. The number of nitrogens with one attached hydrogen (secondary N) is 2. The largest absolute Gasteiger partial charge is 0.352 e. The maximum Gasteiger partial charge on any atom is 0.251 e. The zero-order valence-corrected chi connectivity index (χ0v) is 19.7. The van der Waals surface area contributed by atoms with Crippen LogP contribution in [0.5, 0.6) is 0 Å². The predicted molar refractivity (Wildman–Crippen MR) is 127 cm³/mol. The van der Waals surface area contributed by atoms with Crippen molar-refractivity contribution in [3.63, 3.8) is 0 Å². The van der Waals surface area contributed by atoms with E-state index >= 15 is 0 Å². The number of guanidine groups is 1. The SMILES string of the molecule is CCc1nsc(N2CCN(C(=NC)NCc3cccc(C(=O)NC(C)CC)c3)CC2)n1. The zero-order chi connectivity index (χ0) is 22.2. The van der Waals surface area contributed by atoms with Crippen LogP contribution < -0.4 is 15.5 Å². The third-order valence-electron chi connectivity index (χ3n) is 5.46. The van der Waals surface area contributed by atoms with Crippen molar-refractivity contribution >= 4 is 28.5 Å². The Bertz CT molecular complexity index is 889. The monoisotopic (exact) mass is 443 g/mol. The number of aromatic nitrogens is 2. The maximum atomic E-state index is 12.4. The lowest BCUT2D eigenvalue weighted by Crippen LogP contribution is -2.52. The van der Waals surface area contributed by atoms with E-state index in [0.717, 1.165) is 61.5 Å². The summed E-state index contributed by atoms with van der Waals surface area (Å²) < 4.78 is 4.39. The third-order valence-corrected chi connectivity index (χ3v) is 6.28. The Morgan fingerprint density at radius 3 is 2.68 bits per heavy atom. The van der Waals surface area contributed by atoms with Crippen LogP contribution in [-0.4, -0.2) is 65.4 Å². The number of benzene rings is 1. The molecule has 3 rings (SSSR count). The summed E-state index contributed by atoms with van der Waals surface area (Å²) in [4.78, 5) is 26.0. The molecule has 8 nitrogen and oxygen atoms in total. The van der Waals surface area contributed by atoms with E-state index in [1.165, 1.54) is 11.5 Å². The summed E-state index contributed by atoms with van der Waals surface area (Å²) in [6.07, 6.45) is 1.78. The topological polar surface area (TPSA) is 85.8 Å². The minimum atomic E-state index is -0.0281. The Balaban J connectivity index is 1.53. The van der Waals surface area contributed by atoms with Gasteiger partial charge in [-0.15, -0.1) is 0 Å². The van der Waals surface area contributed by atoms with Crippen molar-refractivity contribution in [2.24, 2.45) is 4.99 Å². The molecule has 31 heavy (non-hydrogen) atoms. The van der Waals surface area contributed by atoms with Crippen molar-refractivity contribution in [3.8, 4) is 0 Å². The van der Waals surface area contributed by atoms with Crippen molar-refractivity contribution in [1.82, 2.24) is 24.9 Å². The number of carbonyl (C=O) groups is 1. The molecule has 1 saturated heterocycles. The van der Waals surface area contributed by atoms with E-state index in [0.29, 0.717) is 12.1 Å². The zero-order valence-electron chi connectivity index (χ0n) is 18.9. The van der Waals surface area contributed by atoms with Crippen molar-refractivity contribution < 1.29 is 4.79 Å². The number of aryl methyl sites for hydroxylation is 1. The van der Waals surface area contributed by atoms with Crippen LogP contribution >= 0.6 is 11.5 Å². The standard InChI is InChI=1S/C22H33N7OS/c1-5-16(3)25-20(30)18-9-7-8-17(14-18)15-24-21(23-4)28-10-12-29(13-11-28)22-26-19(6-2)27-31-22/h7-9,14,16H,5-6,10-13,15H2,1-4H3,(H,23,24)(H,25,30).